The number of aliphatic carboxylic acids is 1. The van der Waals surface area contributed by atoms with Gasteiger partial charge in [-0.2, -0.15) is 0 Å². The van der Waals surface area contributed by atoms with E-state index in [1.807, 2.05) is 7.05 Å². The SMILES string of the molecule is C[N+]1(CC(=O)O)CCCCC1. The first-order chi connectivity index (χ1) is 5.12. The highest BCUT2D eigenvalue weighted by atomic mass is 16.4. The summed E-state index contributed by atoms with van der Waals surface area (Å²) in [5.74, 6) is -0.672. The van der Waals surface area contributed by atoms with E-state index in [-0.39, 0.29) is 0 Å². The van der Waals surface area contributed by atoms with E-state index in [0.29, 0.717) is 6.54 Å². The van der Waals surface area contributed by atoms with Gasteiger partial charge in [-0.1, -0.05) is 0 Å². The molecule has 0 aromatic heterocycles. The van der Waals surface area contributed by atoms with Crippen molar-refractivity contribution in [3.63, 3.8) is 0 Å². The zero-order valence-electron chi connectivity index (χ0n) is 7.05. The molecular weight excluding hydrogens is 142 g/mol. The molecule has 0 atom stereocenters. The molecule has 1 rings (SSSR count). The Morgan fingerprint density at radius 1 is 1.36 bits per heavy atom. The van der Waals surface area contributed by atoms with Crippen molar-refractivity contribution >= 4 is 5.97 Å². The van der Waals surface area contributed by atoms with E-state index in [0.717, 1.165) is 17.6 Å². The zero-order valence-corrected chi connectivity index (χ0v) is 7.05. The van der Waals surface area contributed by atoms with Crippen LogP contribution in [0.3, 0.4) is 0 Å². The van der Waals surface area contributed by atoms with E-state index in [1.54, 1.807) is 0 Å². The van der Waals surface area contributed by atoms with Crippen LogP contribution >= 0.6 is 0 Å². The van der Waals surface area contributed by atoms with Crippen molar-refractivity contribution in [2.45, 2.75) is 19.3 Å². The molecule has 1 saturated heterocycles. The predicted octanol–water partition coefficient (Wildman–Crippen LogP) is 0.701. The van der Waals surface area contributed by atoms with Gasteiger partial charge in [-0.25, -0.2) is 4.79 Å². The highest BCUT2D eigenvalue weighted by Crippen LogP contribution is 2.15. The number of carbonyl (C=O) groups is 1. The van der Waals surface area contributed by atoms with Crippen molar-refractivity contribution in [3.8, 4) is 0 Å². The second-order valence-corrected chi connectivity index (χ2v) is 3.68. The summed E-state index contributed by atoms with van der Waals surface area (Å²) in [5.41, 5.74) is 0. The van der Waals surface area contributed by atoms with Gasteiger partial charge in [-0.3, -0.25) is 0 Å². The molecule has 0 aromatic carbocycles. The fourth-order valence-electron chi connectivity index (χ4n) is 1.76. The molecule has 1 fully saturated rings. The third-order valence-corrected chi connectivity index (χ3v) is 2.41. The van der Waals surface area contributed by atoms with Crippen LogP contribution in [0.1, 0.15) is 19.3 Å². The van der Waals surface area contributed by atoms with Crippen LogP contribution in [-0.2, 0) is 4.79 Å². The number of piperidine rings is 1. The van der Waals surface area contributed by atoms with Gasteiger partial charge < -0.3 is 9.59 Å². The molecule has 0 spiro atoms. The Morgan fingerprint density at radius 2 is 1.91 bits per heavy atom. The number of hydrogen-bond donors (Lipinski definition) is 1. The number of hydrogen-bond acceptors (Lipinski definition) is 1. The normalized spacial score (nSPS) is 23.0. The van der Waals surface area contributed by atoms with Crippen molar-refractivity contribution in [1.29, 1.82) is 0 Å². The molecule has 0 amide bonds. The molecule has 0 aromatic rings. The van der Waals surface area contributed by atoms with Crippen LogP contribution in [0.15, 0.2) is 0 Å². The van der Waals surface area contributed by atoms with Crippen molar-refractivity contribution in [2.24, 2.45) is 0 Å². The van der Waals surface area contributed by atoms with E-state index < -0.39 is 5.97 Å². The fraction of sp³-hybridized carbons (Fsp3) is 0.875. The van der Waals surface area contributed by atoms with E-state index in [2.05, 4.69) is 0 Å². The Morgan fingerprint density at radius 3 is 2.36 bits per heavy atom. The third-order valence-electron chi connectivity index (χ3n) is 2.41. The minimum Gasteiger partial charge on any atom is -0.477 e. The fourth-order valence-corrected chi connectivity index (χ4v) is 1.76. The Balaban J connectivity index is 2.43. The van der Waals surface area contributed by atoms with Crippen LogP contribution in [0, 0.1) is 0 Å². The summed E-state index contributed by atoms with van der Waals surface area (Å²) in [6.07, 6.45) is 3.64. The smallest absolute Gasteiger partial charge is 0.359 e. The molecular formula is C8H16NO2+. The first-order valence-corrected chi connectivity index (χ1v) is 4.18. The van der Waals surface area contributed by atoms with Gasteiger partial charge in [0.15, 0.2) is 6.54 Å². The lowest BCUT2D eigenvalue weighted by molar-refractivity contribution is -0.907. The van der Waals surface area contributed by atoms with E-state index >= 15 is 0 Å². The van der Waals surface area contributed by atoms with Crippen LogP contribution in [0.25, 0.3) is 0 Å². The van der Waals surface area contributed by atoms with E-state index in [1.165, 1.54) is 19.3 Å². The van der Waals surface area contributed by atoms with Crippen molar-refractivity contribution in [3.05, 3.63) is 0 Å². The number of likely N-dealkylation sites (N-methyl/N-ethyl adjacent to an activating group) is 1. The summed E-state index contributed by atoms with van der Waals surface area (Å²) in [4.78, 5) is 10.5. The maximum Gasteiger partial charge on any atom is 0.359 e. The van der Waals surface area contributed by atoms with Crippen LogP contribution in [0.5, 0.6) is 0 Å². The molecule has 3 heteroatoms. The monoisotopic (exact) mass is 158 g/mol. The largest absolute Gasteiger partial charge is 0.477 e. The summed E-state index contributed by atoms with van der Waals surface area (Å²) in [6.45, 7) is 2.36. The summed E-state index contributed by atoms with van der Waals surface area (Å²) in [7, 11) is 2.04. The van der Waals surface area contributed by atoms with Gasteiger partial charge >= 0.3 is 5.97 Å². The maximum absolute atomic E-state index is 10.5. The lowest BCUT2D eigenvalue weighted by Gasteiger charge is -2.36. The van der Waals surface area contributed by atoms with Crippen molar-refractivity contribution in [2.75, 3.05) is 26.7 Å². The van der Waals surface area contributed by atoms with Gasteiger partial charge in [-0.05, 0) is 19.3 Å². The number of likely N-dealkylation sites (tertiary alicyclic amines) is 1. The molecule has 0 unspecified atom stereocenters. The maximum atomic E-state index is 10.5. The van der Waals surface area contributed by atoms with Crippen LogP contribution < -0.4 is 0 Å². The van der Waals surface area contributed by atoms with Crippen molar-refractivity contribution < 1.29 is 14.4 Å². The number of nitrogens with zero attached hydrogens (tertiary/aromatic N) is 1. The van der Waals surface area contributed by atoms with Gasteiger partial charge in [0.25, 0.3) is 0 Å². The van der Waals surface area contributed by atoms with Gasteiger partial charge in [-0.15, -0.1) is 0 Å². The van der Waals surface area contributed by atoms with E-state index in [4.69, 9.17) is 5.11 Å². The Bertz CT molecular complexity index is 150. The standard InChI is InChI=1S/C8H15NO2/c1-9(7-8(10)11)5-3-2-4-6-9/h2-7H2,1H3/p+1. The van der Waals surface area contributed by atoms with Crippen LogP contribution in [0.2, 0.25) is 0 Å². The molecule has 0 bridgehead atoms. The van der Waals surface area contributed by atoms with Crippen LogP contribution in [-0.4, -0.2) is 42.2 Å². The highest BCUT2D eigenvalue weighted by molar-refractivity contribution is 5.67. The summed E-state index contributed by atoms with van der Waals surface area (Å²) >= 11 is 0. The molecule has 1 heterocycles. The average Bonchev–Trinajstić information content (AvgIpc) is 1.85. The second-order valence-electron chi connectivity index (χ2n) is 3.68. The van der Waals surface area contributed by atoms with Gasteiger partial charge in [0.05, 0.1) is 20.1 Å². The molecule has 0 saturated carbocycles. The third kappa shape index (κ3) is 2.50. The molecule has 0 aliphatic carbocycles. The first kappa shape index (κ1) is 8.53. The summed E-state index contributed by atoms with van der Waals surface area (Å²) < 4.78 is 0.731. The Hall–Kier alpha value is -0.570. The lowest BCUT2D eigenvalue weighted by atomic mass is 10.1. The van der Waals surface area contributed by atoms with Gasteiger partial charge in [0.2, 0.25) is 0 Å². The molecule has 0 radical (unpaired) electrons. The average molecular weight is 158 g/mol. The lowest BCUT2D eigenvalue weighted by Crippen LogP contribution is -2.50. The number of carboxylic acids is 1. The quantitative estimate of drug-likeness (QED) is 0.601. The number of quaternary nitrogens is 1. The van der Waals surface area contributed by atoms with Crippen molar-refractivity contribution in [1.82, 2.24) is 0 Å². The minimum absolute atomic E-state index is 0.292. The molecule has 3 nitrogen and oxygen atoms in total. The zero-order chi connectivity index (χ0) is 8.32. The summed E-state index contributed by atoms with van der Waals surface area (Å²) in [6, 6.07) is 0. The Kier molecular flexibility index (Phi) is 2.49. The van der Waals surface area contributed by atoms with Crippen LogP contribution in [0.4, 0.5) is 0 Å². The minimum atomic E-state index is -0.672. The topological polar surface area (TPSA) is 37.3 Å². The molecule has 1 N–H and O–H groups in total. The molecule has 11 heavy (non-hydrogen) atoms. The van der Waals surface area contributed by atoms with E-state index in [9.17, 15) is 4.79 Å². The molecule has 1 aliphatic rings. The number of rotatable bonds is 2. The molecule has 64 valence electrons. The number of carboxylic acid groups (broad SMARTS) is 1. The predicted molar refractivity (Wildman–Crippen MR) is 42.3 cm³/mol. The van der Waals surface area contributed by atoms with Gasteiger partial charge in [0.1, 0.15) is 0 Å². The highest BCUT2D eigenvalue weighted by Gasteiger charge is 2.26. The molecule has 1 aliphatic heterocycles. The summed E-state index contributed by atoms with van der Waals surface area (Å²) in [5, 5.41) is 8.62. The van der Waals surface area contributed by atoms with Gasteiger partial charge in [0, 0.05) is 0 Å². The first-order valence-electron chi connectivity index (χ1n) is 4.18. The Labute approximate surface area is 67.2 Å². The second kappa shape index (κ2) is 3.22.